The van der Waals surface area contributed by atoms with Crippen molar-refractivity contribution in [1.29, 1.82) is 0 Å². The Labute approximate surface area is 135 Å². The second-order valence-electron chi connectivity index (χ2n) is 5.52. The van der Waals surface area contributed by atoms with E-state index in [1.165, 1.54) is 5.56 Å². The van der Waals surface area contributed by atoms with Crippen LogP contribution in [0.1, 0.15) is 11.1 Å². The molecular formula is C18H20N4O. The molecule has 0 atom stereocenters. The second kappa shape index (κ2) is 6.52. The molecule has 0 radical (unpaired) electrons. The van der Waals surface area contributed by atoms with Gasteiger partial charge in [-0.3, -0.25) is 4.68 Å². The Kier molecular flexibility index (Phi) is 4.28. The Balaban J connectivity index is 1.65. The molecule has 0 aliphatic rings. The van der Waals surface area contributed by atoms with Crippen LogP contribution in [0, 0.1) is 13.8 Å². The maximum Gasteiger partial charge on any atom is 0.133 e. The van der Waals surface area contributed by atoms with Gasteiger partial charge in [-0.1, -0.05) is 12.1 Å². The highest BCUT2D eigenvalue weighted by atomic mass is 16.5. The normalized spacial score (nSPS) is 11.3. The maximum atomic E-state index is 5.67. The summed E-state index contributed by atoms with van der Waals surface area (Å²) in [5.41, 5.74) is 4.48. The topological polar surface area (TPSA) is 55.2 Å². The zero-order valence-electron chi connectivity index (χ0n) is 13.6. The molecule has 0 aliphatic carbocycles. The molecular weight excluding hydrogens is 288 g/mol. The molecule has 2 aromatic heterocycles. The van der Waals surface area contributed by atoms with Crippen LogP contribution in [0.5, 0.6) is 5.75 Å². The molecule has 1 aromatic carbocycles. The number of hydrogen-bond donors (Lipinski definition) is 1. The molecule has 118 valence electrons. The fraction of sp³-hybridized carbons (Fsp3) is 0.222. The number of nitrogens with zero attached hydrogens (tertiary/aromatic N) is 3. The first-order valence-corrected chi connectivity index (χ1v) is 7.52. The van der Waals surface area contributed by atoms with Gasteiger partial charge in [-0.2, -0.15) is 5.10 Å². The van der Waals surface area contributed by atoms with Crippen molar-refractivity contribution in [2.45, 2.75) is 13.8 Å². The lowest BCUT2D eigenvalue weighted by atomic mass is 10.1. The van der Waals surface area contributed by atoms with Crippen LogP contribution >= 0.6 is 0 Å². The van der Waals surface area contributed by atoms with Gasteiger partial charge in [-0.25, -0.2) is 4.99 Å². The van der Waals surface area contributed by atoms with Crippen molar-refractivity contribution in [1.82, 2.24) is 14.8 Å². The summed E-state index contributed by atoms with van der Waals surface area (Å²) >= 11 is 0. The van der Waals surface area contributed by atoms with Gasteiger partial charge in [-0.05, 0) is 31.5 Å². The van der Waals surface area contributed by atoms with Gasteiger partial charge < -0.3 is 9.72 Å². The molecule has 0 saturated heterocycles. The number of hydrogen-bond acceptors (Lipinski definition) is 3. The van der Waals surface area contributed by atoms with Gasteiger partial charge in [0.05, 0.1) is 6.20 Å². The van der Waals surface area contributed by atoms with Gasteiger partial charge in [0.2, 0.25) is 0 Å². The smallest absolute Gasteiger partial charge is 0.133 e. The van der Waals surface area contributed by atoms with Crippen LogP contribution in [-0.4, -0.2) is 27.6 Å². The first-order chi connectivity index (χ1) is 11.1. The summed E-state index contributed by atoms with van der Waals surface area (Å²) in [7, 11) is 1.91. The second-order valence-corrected chi connectivity index (χ2v) is 5.52. The molecule has 5 heteroatoms. The van der Waals surface area contributed by atoms with Crippen molar-refractivity contribution in [3.8, 4) is 16.9 Å². The van der Waals surface area contributed by atoms with E-state index in [9.17, 15) is 0 Å². The van der Waals surface area contributed by atoms with Gasteiger partial charge in [0.25, 0.3) is 0 Å². The van der Waals surface area contributed by atoms with Crippen LogP contribution in [0.15, 0.2) is 47.8 Å². The van der Waals surface area contributed by atoms with E-state index in [4.69, 9.17) is 4.74 Å². The Morgan fingerprint density at radius 3 is 2.96 bits per heavy atom. The van der Waals surface area contributed by atoms with Crippen molar-refractivity contribution in [3.63, 3.8) is 0 Å². The van der Waals surface area contributed by atoms with Crippen LogP contribution in [0.25, 0.3) is 11.1 Å². The summed E-state index contributed by atoms with van der Waals surface area (Å²) < 4.78 is 7.46. The SMILES string of the molecule is Cc1cccc(OCC=Nc2[nH]cc(-c3cnn(C)c3)c2C)c1. The minimum Gasteiger partial charge on any atom is -0.488 e. The molecule has 23 heavy (non-hydrogen) atoms. The Bertz CT molecular complexity index is 829. The van der Waals surface area contributed by atoms with Crippen molar-refractivity contribution in [2.75, 3.05) is 6.61 Å². The number of aliphatic imine (C=N–C) groups is 1. The summed E-state index contributed by atoms with van der Waals surface area (Å²) in [4.78, 5) is 7.66. The summed E-state index contributed by atoms with van der Waals surface area (Å²) in [6.07, 6.45) is 7.57. The molecule has 0 bridgehead atoms. The van der Waals surface area contributed by atoms with E-state index in [0.29, 0.717) is 6.61 Å². The average Bonchev–Trinajstić information content (AvgIpc) is 3.10. The summed E-state index contributed by atoms with van der Waals surface area (Å²) in [6, 6.07) is 7.98. The minimum atomic E-state index is 0.435. The maximum absolute atomic E-state index is 5.67. The number of ether oxygens (including phenoxy) is 1. The molecule has 0 aliphatic heterocycles. The van der Waals surface area contributed by atoms with E-state index >= 15 is 0 Å². The fourth-order valence-electron chi connectivity index (χ4n) is 2.45. The zero-order valence-corrected chi connectivity index (χ0v) is 13.6. The van der Waals surface area contributed by atoms with Crippen molar-refractivity contribution < 1.29 is 4.74 Å². The summed E-state index contributed by atoms with van der Waals surface area (Å²) in [5, 5.41) is 4.20. The minimum absolute atomic E-state index is 0.435. The first-order valence-electron chi connectivity index (χ1n) is 7.52. The van der Waals surface area contributed by atoms with Crippen LogP contribution in [0.3, 0.4) is 0 Å². The van der Waals surface area contributed by atoms with Crippen LogP contribution in [0.4, 0.5) is 5.82 Å². The number of H-pyrrole nitrogens is 1. The summed E-state index contributed by atoms with van der Waals surface area (Å²) in [5.74, 6) is 1.70. The molecule has 1 N–H and O–H groups in total. The molecule has 0 saturated carbocycles. The highest BCUT2D eigenvalue weighted by Crippen LogP contribution is 2.29. The molecule has 2 heterocycles. The summed E-state index contributed by atoms with van der Waals surface area (Å²) in [6.45, 7) is 4.53. The third-order valence-electron chi connectivity index (χ3n) is 3.66. The number of nitrogens with one attached hydrogen (secondary N) is 1. The largest absolute Gasteiger partial charge is 0.488 e. The van der Waals surface area contributed by atoms with Crippen molar-refractivity contribution >= 4 is 12.0 Å². The van der Waals surface area contributed by atoms with Crippen LogP contribution < -0.4 is 4.74 Å². The third-order valence-corrected chi connectivity index (χ3v) is 3.66. The Morgan fingerprint density at radius 1 is 1.35 bits per heavy atom. The molecule has 0 fully saturated rings. The first kappa shape index (κ1) is 15.1. The number of aromatic nitrogens is 3. The molecule has 0 unspecified atom stereocenters. The Morgan fingerprint density at radius 2 is 2.22 bits per heavy atom. The highest BCUT2D eigenvalue weighted by molar-refractivity contribution is 5.73. The molecule has 5 nitrogen and oxygen atoms in total. The molecule has 0 spiro atoms. The van der Waals surface area contributed by atoms with Gasteiger partial charge in [-0.15, -0.1) is 0 Å². The van der Waals surface area contributed by atoms with Crippen molar-refractivity contribution in [3.05, 3.63) is 54.0 Å². The number of benzene rings is 1. The highest BCUT2D eigenvalue weighted by Gasteiger charge is 2.09. The number of rotatable bonds is 5. The molecule has 0 amide bonds. The lowest BCUT2D eigenvalue weighted by molar-refractivity contribution is 0.380. The zero-order chi connectivity index (χ0) is 16.2. The monoisotopic (exact) mass is 308 g/mol. The van der Waals surface area contributed by atoms with E-state index in [0.717, 1.165) is 28.3 Å². The van der Waals surface area contributed by atoms with E-state index in [-0.39, 0.29) is 0 Å². The van der Waals surface area contributed by atoms with Crippen LogP contribution in [-0.2, 0) is 7.05 Å². The quantitative estimate of drug-likeness (QED) is 0.729. The van der Waals surface area contributed by atoms with Gasteiger partial charge in [0.15, 0.2) is 0 Å². The molecule has 3 rings (SSSR count). The van der Waals surface area contributed by atoms with E-state index in [1.54, 1.807) is 10.9 Å². The van der Waals surface area contributed by atoms with Gasteiger partial charge in [0, 0.05) is 42.3 Å². The van der Waals surface area contributed by atoms with Crippen LogP contribution in [0.2, 0.25) is 0 Å². The van der Waals surface area contributed by atoms with E-state index in [2.05, 4.69) is 15.1 Å². The fourth-order valence-corrected chi connectivity index (χ4v) is 2.45. The lowest BCUT2D eigenvalue weighted by Gasteiger charge is -2.03. The van der Waals surface area contributed by atoms with Crippen molar-refractivity contribution in [2.24, 2.45) is 12.0 Å². The number of aromatic amines is 1. The average molecular weight is 308 g/mol. The van der Waals surface area contributed by atoms with Gasteiger partial charge in [0.1, 0.15) is 18.2 Å². The van der Waals surface area contributed by atoms with E-state index in [1.807, 2.05) is 63.8 Å². The van der Waals surface area contributed by atoms with Gasteiger partial charge >= 0.3 is 0 Å². The predicted molar refractivity (Wildman–Crippen MR) is 92.6 cm³/mol. The predicted octanol–water partition coefficient (Wildman–Crippen LogP) is 3.81. The number of aryl methyl sites for hydroxylation is 2. The Hall–Kier alpha value is -2.82. The standard InChI is InChI=1S/C18H20N4O/c1-13-5-4-6-16(9-13)23-8-7-19-18-14(2)17(11-20-18)15-10-21-22(3)12-15/h4-7,9-12,20H,8H2,1-3H3. The van der Waals surface area contributed by atoms with E-state index < -0.39 is 0 Å². The lowest BCUT2D eigenvalue weighted by Crippen LogP contribution is -1.98. The third kappa shape index (κ3) is 3.51. The molecule has 3 aromatic rings.